The van der Waals surface area contributed by atoms with E-state index in [-0.39, 0.29) is 11.9 Å². The van der Waals surface area contributed by atoms with Crippen molar-refractivity contribution in [2.75, 3.05) is 13.2 Å². The predicted molar refractivity (Wildman–Crippen MR) is 77.4 cm³/mol. The van der Waals surface area contributed by atoms with Gasteiger partial charge in [-0.1, -0.05) is 13.8 Å². The minimum Gasteiger partial charge on any atom is -0.494 e. The van der Waals surface area contributed by atoms with E-state index in [0.717, 1.165) is 12.2 Å². The van der Waals surface area contributed by atoms with Gasteiger partial charge in [-0.15, -0.1) is 0 Å². The topological polar surface area (TPSA) is 64.3 Å². The van der Waals surface area contributed by atoms with Crippen LogP contribution in [0.5, 0.6) is 5.75 Å². The van der Waals surface area contributed by atoms with E-state index >= 15 is 0 Å². The van der Waals surface area contributed by atoms with Gasteiger partial charge in [0.05, 0.1) is 6.61 Å². The molecule has 4 heteroatoms. The van der Waals surface area contributed by atoms with E-state index in [1.165, 1.54) is 0 Å². The zero-order valence-corrected chi connectivity index (χ0v) is 12.0. The van der Waals surface area contributed by atoms with Crippen LogP contribution in [0.2, 0.25) is 0 Å². The molecule has 0 aliphatic heterocycles. The number of nitrogens with two attached hydrogens (primary N) is 1. The highest BCUT2D eigenvalue weighted by atomic mass is 16.5. The number of ether oxygens (including phenoxy) is 1. The van der Waals surface area contributed by atoms with Gasteiger partial charge in [-0.25, -0.2) is 0 Å². The summed E-state index contributed by atoms with van der Waals surface area (Å²) in [5.74, 6) is 1.22. The molecule has 0 aliphatic rings. The third-order valence-electron chi connectivity index (χ3n) is 2.73. The summed E-state index contributed by atoms with van der Waals surface area (Å²) in [5.41, 5.74) is 6.56. The summed E-state index contributed by atoms with van der Waals surface area (Å²) in [4.78, 5) is 11.9. The molecule has 1 unspecified atom stereocenters. The van der Waals surface area contributed by atoms with Gasteiger partial charge in [-0.3, -0.25) is 4.79 Å². The number of rotatable bonds is 7. The van der Waals surface area contributed by atoms with Crippen molar-refractivity contribution in [1.29, 1.82) is 0 Å². The first kappa shape index (κ1) is 15.5. The molecular weight excluding hydrogens is 240 g/mol. The van der Waals surface area contributed by atoms with Gasteiger partial charge in [0.25, 0.3) is 5.91 Å². The Bertz CT molecular complexity index is 388. The number of carbonyl (C=O) groups is 1. The van der Waals surface area contributed by atoms with Gasteiger partial charge in [-0.05, 0) is 43.5 Å². The summed E-state index contributed by atoms with van der Waals surface area (Å²) in [5, 5.41) is 2.85. The van der Waals surface area contributed by atoms with Crippen LogP contribution in [0.25, 0.3) is 0 Å². The summed E-state index contributed by atoms with van der Waals surface area (Å²) in [6, 6.07) is 7.12. The summed E-state index contributed by atoms with van der Waals surface area (Å²) < 4.78 is 5.33. The lowest BCUT2D eigenvalue weighted by molar-refractivity contribution is 0.0950. The molecule has 0 aliphatic carbocycles. The highest BCUT2D eigenvalue weighted by Gasteiger charge is 2.09. The van der Waals surface area contributed by atoms with Gasteiger partial charge >= 0.3 is 0 Å². The van der Waals surface area contributed by atoms with Crippen LogP contribution in [-0.4, -0.2) is 25.1 Å². The van der Waals surface area contributed by atoms with E-state index in [0.29, 0.717) is 24.6 Å². The van der Waals surface area contributed by atoms with Crippen LogP contribution in [0.1, 0.15) is 37.6 Å². The molecular formula is C15H24N2O2. The minimum atomic E-state index is -0.0951. The highest BCUT2D eigenvalue weighted by Crippen LogP contribution is 2.12. The summed E-state index contributed by atoms with van der Waals surface area (Å²) in [6.07, 6.45) is 0.906. The molecule has 0 aromatic heterocycles. The molecule has 1 amide bonds. The summed E-state index contributed by atoms with van der Waals surface area (Å²) in [7, 11) is 0. The first-order valence-corrected chi connectivity index (χ1v) is 6.79. The van der Waals surface area contributed by atoms with Gasteiger partial charge in [0, 0.05) is 18.2 Å². The van der Waals surface area contributed by atoms with Gasteiger partial charge in [0.15, 0.2) is 0 Å². The number of benzene rings is 1. The Kier molecular flexibility index (Phi) is 6.36. The largest absolute Gasteiger partial charge is 0.494 e. The normalized spacial score (nSPS) is 12.3. The van der Waals surface area contributed by atoms with Gasteiger partial charge in [-0.2, -0.15) is 0 Å². The van der Waals surface area contributed by atoms with Crippen molar-refractivity contribution < 1.29 is 9.53 Å². The van der Waals surface area contributed by atoms with E-state index in [9.17, 15) is 4.79 Å². The number of amides is 1. The lowest BCUT2D eigenvalue weighted by Gasteiger charge is -2.14. The van der Waals surface area contributed by atoms with Crippen molar-refractivity contribution in [2.45, 2.75) is 33.2 Å². The molecule has 1 aromatic rings. The average molecular weight is 264 g/mol. The summed E-state index contributed by atoms with van der Waals surface area (Å²) in [6.45, 7) is 7.29. The van der Waals surface area contributed by atoms with Crippen LogP contribution in [0.4, 0.5) is 0 Å². The molecule has 0 bridgehead atoms. The molecule has 4 nitrogen and oxygen atoms in total. The van der Waals surface area contributed by atoms with Crippen molar-refractivity contribution in [3.8, 4) is 5.75 Å². The van der Waals surface area contributed by atoms with Crippen molar-refractivity contribution in [3.63, 3.8) is 0 Å². The Morgan fingerprint density at radius 1 is 1.32 bits per heavy atom. The first-order chi connectivity index (χ1) is 9.02. The standard InChI is InChI=1S/C15H24N2O2/c1-4-19-14-7-5-12(6-8-14)15(18)17-10-13(16)9-11(2)3/h5-8,11,13H,4,9-10,16H2,1-3H3,(H,17,18). The molecule has 19 heavy (non-hydrogen) atoms. The SMILES string of the molecule is CCOc1ccc(C(=O)NCC(N)CC(C)C)cc1. The molecule has 0 spiro atoms. The molecule has 0 heterocycles. The Balaban J connectivity index is 2.44. The maximum atomic E-state index is 11.9. The smallest absolute Gasteiger partial charge is 0.251 e. The fourth-order valence-electron chi connectivity index (χ4n) is 1.88. The summed E-state index contributed by atoms with van der Waals surface area (Å²) >= 11 is 0. The third-order valence-corrected chi connectivity index (χ3v) is 2.73. The van der Waals surface area contributed by atoms with Crippen LogP contribution in [0.3, 0.4) is 0 Å². The molecule has 1 atom stereocenters. The number of nitrogens with one attached hydrogen (secondary N) is 1. The first-order valence-electron chi connectivity index (χ1n) is 6.79. The zero-order chi connectivity index (χ0) is 14.3. The maximum Gasteiger partial charge on any atom is 0.251 e. The molecule has 0 saturated carbocycles. The van der Waals surface area contributed by atoms with Crippen LogP contribution in [0, 0.1) is 5.92 Å². The monoisotopic (exact) mass is 264 g/mol. The Morgan fingerprint density at radius 3 is 2.47 bits per heavy atom. The molecule has 0 radical (unpaired) electrons. The van der Waals surface area contributed by atoms with E-state index in [2.05, 4.69) is 19.2 Å². The van der Waals surface area contributed by atoms with Crippen LogP contribution in [-0.2, 0) is 0 Å². The molecule has 106 valence electrons. The highest BCUT2D eigenvalue weighted by molar-refractivity contribution is 5.94. The zero-order valence-electron chi connectivity index (χ0n) is 12.0. The number of carbonyl (C=O) groups excluding carboxylic acids is 1. The van der Waals surface area contributed by atoms with E-state index in [4.69, 9.17) is 10.5 Å². The second-order valence-corrected chi connectivity index (χ2v) is 5.06. The fraction of sp³-hybridized carbons (Fsp3) is 0.533. The lowest BCUT2D eigenvalue weighted by Crippen LogP contribution is -2.37. The molecule has 0 fully saturated rings. The van der Waals surface area contributed by atoms with Gasteiger partial charge < -0.3 is 15.8 Å². The Labute approximate surface area is 115 Å². The van der Waals surface area contributed by atoms with E-state index < -0.39 is 0 Å². The minimum absolute atomic E-state index is 0.00616. The number of hydrogen-bond donors (Lipinski definition) is 2. The average Bonchev–Trinajstić information content (AvgIpc) is 2.36. The molecule has 1 rings (SSSR count). The van der Waals surface area contributed by atoms with Crippen LogP contribution < -0.4 is 15.8 Å². The van der Waals surface area contributed by atoms with Crippen molar-refractivity contribution in [3.05, 3.63) is 29.8 Å². The van der Waals surface area contributed by atoms with E-state index in [1.54, 1.807) is 24.3 Å². The van der Waals surface area contributed by atoms with Crippen molar-refractivity contribution in [2.24, 2.45) is 11.7 Å². The second-order valence-electron chi connectivity index (χ2n) is 5.06. The van der Waals surface area contributed by atoms with Crippen LogP contribution >= 0.6 is 0 Å². The van der Waals surface area contributed by atoms with Crippen LogP contribution in [0.15, 0.2) is 24.3 Å². The maximum absolute atomic E-state index is 11.9. The second kappa shape index (κ2) is 7.79. The Morgan fingerprint density at radius 2 is 1.95 bits per heavy atom. The third kappa shape index (κ3) is 5.75. The van der Waals surface area contributed by atoms with Gasteiger partial charge in [0.1, 0.15) is 5.75 Å². The van der Waals surface area contributed by atoms with E-state index in [1.807, 2.05) is 6.92 Å². The Hall–Kier alpha value is -1.55. The molecule has 0 saturated heterocycles. The molecule has 3 N–H and O–H groups in total. The van der Waals surface area contributed by atoms with Crippen molar-refractivity contribution in [1.82, 2.24) is 5.32 Å². The lowest BCUT2D eigenvalue weighted by atomic mass is 10.0. The van der Waals surface area contributed by atoms with Crippen molar-refractivity contribution >= 4 is 5.91 Å². The fourth-order valence-corrected chi connectivity index (χ4v) is 1.88. The number of hydrogen-bond acceptors (Lipinski definition) is 3. The quantitative estimate of drug-likeness (QED) is 0.793. The predicted octanol–water partition coefficient (Wildman–Crippen LogP) is 2.19. The molecule has 1 aromatic carbocycles. The van der Waals surface area contributed by atoms with Gasteiger partial charge in [0.2, 0.25) is 0 Å².